The lowest BCUT2D eigenvalue weighted by molar-refractivity contribution is -0.120. The average Bonchev–Trinajstić information content (AvgIpc) is 3.10. The molecule has 0 spiro atoms. The Morgan fingerprint density at radius 3 is 2.56 bits per heavy atom. The zero-order valence-corrected chi connectivity index (χ0v) is 15.3. The number of fused-ring (bicyclic) bond motifs is 1. The SMILES string of the molecule is CNS(=O)(=O)c1ccc(CNC(=O)Cc2ccc3ccccc3c2)s1. The number of carbonyl (C=O) groups excluding carboxylic acids is 1. The lowest BCUT2D eigenvalue weighted by atomic mass is 10.0. The zero-order chi connectivity index (χ0) is 17.9. The Balaban J connectivity index is 1.61. The first kappa shape index (κ1) is 17.6. The van der Waals surface area contributed by atoms with E-state index in [9.17, 15) is 13.2 Å². The van der Waals surface area contributed by atoms with Crippen LogP contribution < -0.4 is 10.0 Å². The van der Waals surface area contributed by atoms with E-state index >= 15 is 0 Å². The number of sulfonamides is 1. The van der Waals surface area contributed by atoms with Crippen LogP contribution in [0.25, 0.3) is 10.8 Å². The molecule has 7 heteroatoms. The predicted octanol–water partition coefficient (Wildman–Crippen LogP) is 2.67. The molecule has 5 nitrogen and oxygen atoms in total. The Hall–Kier alpha value is -2.22. The van der Waals surface area contributed by atoms with Crippen LogP contribution in [-0.2, 0) is 27.8 Å². The van der Waals surface area contributed by atoms with Crippen LogP contribution in [0.2, 0.25) is 0 Å². The number of benzene rings is 2. The molecule has 0 bridgehead atoms. The molecule has 25 heavy (non-hydrogen) atoms. The van der Waals surface area contributed by atoms with Crippen LogP contribution >= 0.6 is 11.3 Å². The van der Waals surface area contributed by atoms with Gasteiger partial charge in [0.25, 0.3) is 0 Å². The van der Waals surface area contributed by atoms with Crippen molar-refractivity contribution in [1.82, 2.24) is 10.0 Å². The van der Waals surface area contributed by atoms with E-state index in [2.05, 4.69) is 10.0 Å². The average molecular weight is 374 g/mol. The highest BCUT2D eigenvalue weighted by molar-refractivity contribution is 7.91. The first-order chi connectivity index (χ1) is 12.0. The summed E-state index contributed by atoms with van der Waals surface area (Å²) in [6, 6.07) is 17.2. The lowest BCUT2D eigenvalue weighted by Crippen LogP contribution is -2.24. The van der Waals surface area contributed by atoms with Gasteiger partial charge in [-0.25, -0.2) is 13.1 Å². The summed E-state index contributed by atoms with van der Waals surface area (Å²) in [5.74, 6) is -0.0956. The van der Waals surface area contributed by atoms with Crippen molar-refractivity contribution in [1.29, 1.82) is 0 Å². The minimum Gasteiger partial charge on any atom is -0.351 e. The number of hydrogen-bond donors (Lipinski definition) is 2. The highest BCUT2D eigenvalue weighted by Crippen LogP contribution is 2.21. The Kier molecular flexibility index (Phi) is 5.17. The maximum absolute atomic E-state index is 12.1. The predicted molar refractivity (Wildman–Crippen MR) is 100 cm³/mol. The monoisotopic (exact) mass is 374 g/mol. The Morgan fingerprint density at radius 1 is 1.04 bits per heavy atom. The molecule has 0 unspecified atom stereocenters. The highest BCUT2D eigenvalue weighted by Gasteiger charge is 2.14. The van der Waals surface area contributed by atoms with Crippen LogP contribution in [0.15, 0.2) is 58.8 Å². The standard InChI is InChI=1S/C18H18N2O3S2/c1-19-25(22,23)18-9-8-16(24-18)12-20-17(21)11-13-6-7-14-4-2-3-5-15(14)10-13/h2-10,19H,11-12H2,1H3,(H,20,21). The van der Waals surface area contributed by atoms with E-state index in [-0.39, 0.29) is 16.5 Å². The van der Waals surface area contributed by atoms with E-state index in [1.165, 1.54) is 7.05 Å². The van der Waals surface area contributed by atoms with Crippen molar-refractivity contribution in [2.75, 3.05) is 7.05 Å². The first-order valence-corrected chi connectivity index (χ1v) is 10.0. The lowest BCUT2D eigenvalue weighted by Gasteiger charge is -2.05. The van der Waals surface area contributed by atoms with Crippen LogP contribution in [0.3, 0.4) is 0 Å². The third-order valence-corrected chi connectivity index (χ3v) is 6.80. The van der Waals surface area contributed by atoms with Gasteiger partial charge in [-0.15, -0.1) is 11.3 Å². The summed E-state index contributed by atoms with van der Waals surface area (Å²) in [6.45, 7) is 0.316. The third-order valence-electron chi connectivity index (χ3n) is 3.81. The van der Waals surface area contributed by atoms with Gasteiger partial charge in [0.2, 0.25) is 15.9 Å². The van der Waals surface area contributed by atoms with Crippen LogP contribution in [0, 0.1) is 0 Å². The molecule has 0 saturated carbocycles. The van der Waals surface area contributed by atoms with Gasteiger partial charge in [-0.3, -0.25) is 4.79 Å². The summed E-state index contributed by atoms with van der Waals surface area (Å²) in [5, 5.41) is 5.08. The maximum atomic E-state index is 12.1. The van der Waals surface area contributed by atoms with Gasteiger partial charge in [-0.2, -0.15) is 0 Å². The molecule has 0 aliphatic carbocycles. The summed E-state index contributed by atoms with van der Waals surface area (Å²) in [6.07, 6.45) is 0.290. The Bertz CT molecular complexity index is 1010. The van der Waals surface area contributed by atoms with Crippen LogP contribution in [-0.4, -0.2) is 21.4 Å². The molecule has 2 N–H and O–H groups in total. The smallest absolute Gasteiger partial charge is 0.249 e. The second-order valence-electron chi connectivity index (χ2n) is 5.56. The first-order valence-electron chi connectivity index (χ1n) is 7.74. The van der Waals surface area contributed by atoms with Gasteiger partial charge in [0.1, 0.15) is 4.21 Å². The van der Waals surface area contributed by atoms with Crippen molar-refractivity contribution in [2.45, 2.75) is 17.2 Å². The Morgan fingerprint density at radius 2 is 1.80 bits per heavy atom. The van der Waals surface area contributed by atoms with Crippen LogP contribution in [0.4, 0.5) is 0 Å². The number of hydrogen-bond acceptors (Lipinski definition) is 4. The maximum Gasteiger partial charge on any atom is 0.249 e. The van der Waals surface area contributed by atoms with Crippen LogP contribution in [0.1, 0.15) is 10.4 Å². The summed E-state index contributed by atoms with van der Waals surface area (Å²) < 4.78 is 25.9. The minimum atomic E-state index is -3.43. The molecule has 2 aromatic carbocycles. The van der Waals surface area contributed by atoms with Crippen molar-refractivity contribution >= 4 is 38.0 Å². The van der Waals surface area contributed by atoms with Crippen LogP contribution in [0.5, 0.6) is 0 Å². The van der Waals surface area contributed by atoms with Crippen molar-refractivity contribution in [3.05, 3.63) is 65.0 Å². The largest absolute Gasteiger partial charge is 0.351 e. The summed E-state index contributed by atoms with van der Waals surface area (Å²) in [7, 11) is -2.05. The fourth-order valence-electron chi connectivity index (χ4n) is 2.48. The molecule has 0 atom stereocenters. The van der Waals surface area contributed by atoms with Gasteiger partial charge in [0.05, 0.1) is 13.0 Å². The van der Waals surface area contributed by atoms with Gasteiger partial charge in [0.15, 0.2) is 0 Å². The van der Waals surface area contributed by atoms with E-state index in [1.807, 2.05) is 42.5 Å². The van der Waals surface area contributed by atoms with Crippen molar-refractivity contribution < 1.29 is 13.2 Å². The van der Waals surface area contributed by atoms with Gasteiger partial charge in [0, 0.05) is 4.88 Å². The molecular formula is C18H18N2O3S2. The van der Waals surface area contributed by atoms with Crippen molar-refractivity contribution in [3.8, 4) is 0 Å². The zero-order valence-electron chi connectivity index (χ0n) is 13.7. The molecule has 3 aromatic rings. The molecule has 0 aliphatic heterocycles. The summed E-state index contributed by atoms with van der Waals surface area (Å²) in [4.78, 5) is 12.9. The molecule has 130 valence electrons. The second kappa shape index (κ2) is 7.35. The summed E-state index contributed by atoms with van der Waals surface area (Å²) in [5.41, 5.74) is 0.945. The van der Waals surface area contributed by atoms with Gasteiger partial charge in [-0.05, 0) is 35.5 Å². The van der Waals surface area contributed by atoms with E-state index in [1.54, 1.807) is 12.1 Å². The van der Waals surface area contributed by atoms with E-state index in [0.717, 1.165) is 32.5 Å². The van der Waals surface area contributed by atoms with E-state index in [0.29, 0.717) is 6.54 Å². The molecule has 1 aromatic heterocycles. The molecule has 0 saturated heterocycles. The normalized spacial score (nSPS) is 11.6. The molecule has 1 heterocycles. The highest BCUT2D eigenvalue weighted by atomic mass is 32.2. The molecule has 1 amide bonds. The number of thiophene rings is 1. The van der Waals surface area contributed by atoms with Crippen molar-refractivity contribution in [2.24, 2.45) is 0 Å². The molecule has 3 rings (SSSR count). The molecule has 0 aliphatic rings. The fourth-order valence-corrected chi connectivity index (χ4v) is 4.61. The third kappa shape index (κ3) is 4.25. The van der Waals surface area contributed by atoms with Gasteiger partial charge in [-0.1, -0.05) is 42.5 Å². The second-order valence-corrected chi connectivity index (χ2v) is 8.85. The molecule has 0 fully saturated rings. The Labute approximate surface area is 150 Å². The van der Waals surface area contributed by atoms with E-state index < -0.39 is 10.0 Å². The van der Waals surface area contributed by atoms with E-state index in [4.69, 9.17) is 0 Å². The quantitative estimate of drug-likeness (QED) is 0.696. The number of carbonyl (C=O) groups is 1. The number of nitrogens with one attached hydrogen (secondary N) is 2. The number of rotatable bonds is 6. The van der Waals surface area contributed by atoms with Gasteiger partial charge < -0.3 is 5.32 Å². The number of amides is 1. The summed E-state index contributed by atoms with van der Waals surface area (Å²) >= 11 is 1.15. The van der Waals surface area contributed by atoms with Gasteiger partial charge >= 0.3 is 0 Å². The topological polar surface area (TPSA) is 75.3 Å². The van der Waals surface area contributed by atoms with Crippen molar-refractivity contribution in [3.63, 3.8) is 0 Å². The molecular weight excluding hydrogens is 356 g/mol. The fraction of sp³-hybridized carbons (Fsp3) is 0.167. The molecule has 0 radical (unpaired) electrons. The minimum absolute atomic E-state index is 0.0956.